The first-order valence-electron chi connectivity index (χ1n) is 11.4. The molecule has 8 heteroatoms. The van der Waals surface area contributed by atoms with Crippen molar-refractivity contribution in [1.29, 1.82) is 0 Å². The quantitative estimate of drug-likeness (QED) is 0.345. The highest BCUT2D eigenvalue weighted by molar-refractivity contribution is 5.91. The lowest BCUT2D eigenvalue weighted by Crippen LogP contribution is -2.44. The normalized spacial score (nSPS) is 21.8. The molecule has 0 saturated carbocycles. The molecule has 0 amide bonds. The number of carbonyl (C=O) groups is 3. The number of benzene rings is 3. The predicted molar refractivity (Wildman–Crippen MR) is 128 cm³/mol. The highest BCUT2D eigenvalue weighted by Crippen LogP contribution is 2.32. The fourth-order valence-corrected chi connectivity index (χ4v) is 3.89. The van der Waals surface area contributed by atoms with Gasteiger partial charge in [0.05, 0.1) is 16.7 Å². The molecule has 0 bridgehead atoms. The van der Waals surface area contributed by atoms with Crippen LogP contribution in [0.1, 0.15) is 38.0 Å². The van der Waals surface area contributed by atoms with Gasteiger partial charge in [-0.15, -0.1) is 0 Å². The predicted octanol–water partition coefficient (Wildman–Crippen LogP) is 4.05. The van der Waals surface area contributed by atoms with E-state index in [4.69, 9.17) is 23.7 Å². The highest BCUT2D eigenvalue weighted by atomic mass is 16.7. The van der Waals surface area contributed by atoms with E-state index in [1.165, 1.54) is 7.11 Å². The average molecular weight is 491 g/mol. The van der Waals surface area contributed by atoms with Crippen LogP contribution in [-0.4, -0.2) is 55.7 Å². The molecule has 186 valence electrons. The first-order valence-corrected chi connectivity index (χ1v) is 11.4. The minimum atomic E-state index is -1.12. The molecular weight excluding hydrogens is 464 g/mol. The zero-order chi connectivity index (χ0) is 25.5. The number of carbonyl (C=O) groups excluding carboxylic acids is 3. The van der Waals surface area contributed by atoms with Crippen LogP contribution in [0.25, 0.3) is 0 Å². The van der Waals surface area contributed by atoms with Crippen molar-refractivity contribution in [2.75, 3.05) is 7.11 Å². The Bertz CT molecular complexity index is 1170. The monoisotopic (exact) mass is 490 g/mol. The van der Waals surface area contributed by atoms with E-state index in [1.54, 1.807) is 97.9 Å². The molecule has 8 nitrogen and oxygen atoms in total. The lowest BCUT2D eigenvalue weighted by Gasteiger charge is -2.26. The molecule has 1 aliphatic rings. The number of rotatable bonds is 8. The van der Waals surface area contributed by atoms with E-state index in [9.17, 15) is 14.4 Å². The lowest BCUT2D eigenvalue weighted by atomic mass is 10.1. The molecule has 1 fully saturated rings. The van der Waals surface area contributed by atoms with Gasteiger partial charge in [-0.25, -0.2) is 14.4 Å². The Balaban J connectivity index is 1.58. The van der Waals surface area contributed by atoms with Crippen LogP contribution in [0.5, 0.6) is 0 Å². The van der Waals surface area contributed by atoms with Gasteiger partial charge in [-0.3, -0.25) is 0 Å². The smallest absolute Gasteiger partial charge is 0.338 e. The van der Waals surface area contributed by atoms with Crippen LogP contribution in [0.4, 0.5) is 0 Å². The van der Waals surface area contributed by atoms with Crippen LogP contribution in [0, 0.1) is 0 Å². The fraction of sp³-hybridized carbons (Fsp3) is 0.250. The van der Waals surface area contributed by atoms with E-state index >= 15 is 0 Å². The van der Waals surface area contributed by atoms with Crippen LogP contribution in [0.2, 0.25) is 0 Å². The van der Waals surface area contributed by atoms with Gasteiger partial charge < -0.3 is 23.7 Å². The zero-order valence-electron chi connectivity index (χ0n) is 19.8. The summed E-state index contributed by atoms with van der Waals surface area (Å²) in [5.41, 5.74) is 0.974. The van der Waals surface area contributed by atoms with E-state index in [2.05, 4.69) is 0 Å². The van der Waals surface area contributed by atoms with Crippen LogP contribution in [0.3, 0.4) is 0 Å². The topological polar surface area (TPSA) is 97.4 Å². The summed E-state index contributed by atoms with van der Waals surface area (Å²) in [4.78, 5) is 38.4. The Morgan fingerprint density at radius 2 is 1.08 bits per heavy atom. The largest absolute Gasteiger partial charge is 0.456 e. The lowest BCUT2D eigenvalue weighted by molar-refractivity contribution is -0.163. The minimum Gasteiger partial charge on any atom is -0.456 e. The van der Waals surface area contributed by atoms with Gasteiger partial charge >= 0.3 is 17.9 Å². The average Bonchev–Trinajstić information content (AvgIpc) is 3.26. The maximum Gasteiger partial charge on any atom is 0.338 e. The van der Waals surface area contributed by atoms with Gasteiger partial charge in [0.2, 0.25) is 0 Å². The second-order valence-electron chi connectivity index (χ2n) is 8.15. The summed E-state index contributed by atoms with van der Waals surface area (Å²) in [5.74, 6) is -1.85. The molecule has 1 heterocycles. The zero-order valence-corrected chi connectivity index (χ0v) is 19.8. The third kappa shape index (κ3) is 5.79. The Labute approximate surface area is 208 Å². The van der Waals surface area contributed by atoms with E-state index < -0.39 is 48.6 Å². The van der Waals surface area contributed by atoms with Gasteiger partial charge in [-0.2, -0.15) is 0 Å². The highest BCUT2D eigenvalue weighted by Gasteiger charge is 2.53. The summed E-state index contributed by atoms with van der Waals surface area (Å²) >= 11 is 0. The minimum absolute atomic E-state index is 0.305. The molecule has 0 spiro atoms. The van der Waals surface area contributed by atoms with Crippen molar-refractivity contribution < 1.29 is 38.1 Å². The van der Waals surface area contributed by atoms with Gasteiger partial charge in [-0.05, 0) is 43.3 Å². The summed E-state index contributed by atoms with van der Waals surface area (Å²) in [6, 6.07) is 25.2. The Hall–Kier alpha value is -4.01. The van der Waals surface area contributed by atoms with E-state index in [1.807, 2.05) is 0 Å². The van der Waals surface area contributed by atoms with Gasteiger partial charge in [0, 0.05) is 7.11 Å². The number of ether oxygens (including phenoxy) is 5. The number of hydrogen-bond donors (Lipinski definition) is 0. The second-order valence-corrected chi connectivity index (χ2v) is 8.15. The summed E-state index contributed by atoms with van der Waals surface area (Å²) in [7, 11) is 1.38. The van der Waals surface area contributed by atoms with Gasteiger partial charge in [0.25, 0.3) is 0 Å². The summed E-state index contributed by atoms with van der Waals surface area (Å²) in [6.45, 7) is 1.61. The standard InChI is InChI=1S/C28H26O8/c1-18(33-25(29)19-12-6-3-7-13-19)22-23(34-26(30)20-14-8-4-9-15-20)24(28(32-2)36-22)35-27(31)21-16-10-5-11-17-21/h3-18,22-24,28H,1-2H3/t18-,22-,23-,24-,28?/m1/s1. The molecule has 1 unspecified atom stereocenters. The van der Waals surface area contributed by atoms with Crippen molar-refractivity contribution in [3.63, 3.8) is 0 Å². The van der Waals surface area contributed by atoms with Gasteiger partial charge in [0.1, 0.15) is 12.2 Å². The van der Waals surface area contributed by atoms with E-state index in [0.717, 1.165) is 0 Å². The van der Waals surface area contributed by atoms with Crippen molar-refractivity contribution >= 4 is 17.9 Å². The summed E-state index contributed by atoms with van der Waals surface area (Å²) in [6.07, 6.45) is -5.13. The second kappa shape index (κ2) is 11.6. The molecule has 1 saturated heterocycles. The summed E-state index contributed by atoms with van der Waals surface area (Å²) < 4.78 is 28.5. The third-order valence-corrected chi connectivity index (χ3v) is 5.71. The molecule has 3 aromatic rings. The number of esters is 3. The van der Waals surface area contributed by atoms with Crippen LogP contribution >= 0.6 is 0 Å². The molecule has 36 heavy (non-hydrogen) atoms. The fourth-order valence-electron chi connectivity index (χ4n) is 3.89. The molecule has 1 aliphatic heterocycles. The van der Waals surface area contributed by atoms with Crippen molar-refractivity contribution in [3.8, 4) is 0 Å². The van der Waals surface area contributed by atoms with Crippen LogP contribution < -0.4 is 0 Å². The van der Waals surface area contributed by atoms with Gasteiger partial charge in [-0.1, -0.05) is 54.6 Å². The van der Waals surface area contributed by atoms with Crippen molar-refractivity contribution in [3.05, 3.63) is 108 Å². The number of hydrogen-bond acceptors (Lipinski definition) is 8. The molecule has 0 radical (unpaired) electrons. The molecule has 3 aromatic carbocycles. The van der Waals surface area contributed by atoms with Crippen molar-refractivity contribution in [2.24, 2.45) is 0 Å². The molecule has 0 aromatic heterocycles. The van der Waals surface area contributed by atoms with Crippen LogP contribution in [0.15, 0.2) is 91.0 Å². The molecular formula is C28H26O8. The number of methoxy groups -OCH3 is 1. The van der Waals surface area contributed by atoms with E-state index in [-0.39, 0.29) is 0 Å². The van der Waals surface area contributed by atoms with Crippen LogP contribution in [-0.2, 0) is 23.7 Å². The molecule has 0 aliphatic carbocycles. The van der Waals surface area contributed by atoms with E-state index in [0.29, 0.717) is 16.7 Å². The maximum absolute atomic E-state index is 12.9. The SMILES string of the molecule is COC1O[C@H]([C@@H](C)OC(=O)c2ccccc2)[C@@H](OC(=O)c2ccccc2)[C@H]1OC(=O)c1ccccc1. The van der Waals surface area contributed by atoms with Crippen molar-refractivity contribution in [1.82, 2.24) is 0 Å². The Morgan fingerprint density at radius 3 is 1.53 bits per heavy atom. The van der Waals surface area contributed by atoms with Crippen molar-refractivity contribution in [2.45, 2.75) is 37.6 Å². The molecule has 4 rings (SSSR count). The maximum atomic E-state index is 12.9. The first-order chi connectivity index (χ1) is 17.5. The summed E-state index contributed by atoms with van der Waals surface area (Å²) in [5, 5.41) is 0. The van der Waals surface area contributed by atoms with Gasteiger partial charge in [0.15, 0.2) is 18.5 Å². The Kier molecular flexibility index (Phi) is 8.10. The third-order valence-electron chi connectivity index (χ3n) is 5.71. The first kappa shape index (κ1) is 25.1. The molecule has 0 N–H and O–H groups in total. The molecule has 5 atom stereocenters. The Morgan fingerprint density at radius 1 is 0.667 bits per heavy atom.